The molecule has 0 aromatic carbocycles. The number of rotatable bonds is 7. The lowest BCUT2D eigenvalue weighted by Crippen LogP contribution is -2.26. The predicted octanol–water partition coefficient (Wildman–Crippen LogP) is 1.07. The number of hydrogen-bond donors (Lipinski definition) is 2. The summed E-state index contributed by atoms with van der Waals surface area (Å²) < 4.78 is 8.94. The zero-order valence-corrected chi connectivity index (χ0v) is 12.8. The molecule has 0 amide bonds. The van der Waals surface area contributed by atoms with Crippen LogP contribution in [0.15, 0.2) is 24.8 Å². The van der Waals surface area contributed by atoms with Crippen LogP contribution in [0, 0.1) is 0 Å². The van der Waals surface area contributed by atoms with Gasteiger partial charge in [0.1, 0.15) is 19.3 Å². The van der Waals surface area contributed by atoms with Crippen LogP contribution in [0.5, 0.6) is 0 Å². The number of aliphatic hydroxyl groups is 1. The van der Waals surface area contributed by atoms with Crippen molar-refractivity contribution < 1.29 is 34.1 Å². The largest absolute Gasteiger partial charge is 0.478 e. The second-order valence-corrected chi connectivity index (χ2v) is 4.60. The summed E-state index contributed by atoms with van der Waals surface area (Å²) in [6.07, 6.45) is -0.170. The van der Waals surface area contributed by atoms with Crippen LogP contribution in [-0.2, 0) is 23.9 Å². The second-order valence-electron chi connectivity index (χ2n) is 3.50. The first-order chi connectivity index (χ1) is 9.61. The third-order valence-corrected chi connectivity index (χ3v) is 1.90. The highest BCUT2D eigenvalue weighted by atomic mass is 35.5. The molecule has 0 aliphatic heterocycles. The topological polar surface area (TPSA) is 110 Å². The van der Waals surface area contributed by atoms with Crippen LogP contribution in [0.1, 0.15) is 6.92 Å². The van der Waals surface area contributed by atoms with Crippen molar-refractivity contribution in [3.63, 3.8) is 0 Å². The molecule has 0 heterocycles. The number of carbonyl (C=O) groups is 3. The molecule has 0 aliphatic rings. The van der Waals surface area contributed by atoms with Gasteiger partial charge < -0.3 is 19.7 Å². The van der Waals surface area contributed by atoms with E-state index in [0.717, 1.165) is 6.08 Å². The van der Waals surface area contributed by atoms with Gasteiger partial charge in [0.05, 0.1) is 0 Å². The minimum atomic E-state index is -1.30. The smallest absolute Gasteiger partial charge is 0.339 e. The van der Waals surface area contributed by atoms with E-state index in [4.69, 9.17) is 33.4 Å². The molecule has 0 aromatic heterocycles. The van der Waals surface area contributed by atoms with E-state index in [1.54, 1.807) is 0 Å². The molecule has 1 atom stereocenters. The molecule has 0 rings (SSSR count). The van der Waals surface area contributed by atoms with Crippen molar-refractivity contribution in [2.45, 2.75) is 17.9 Å². The van der Waals surface area contributed by atoms with E-state index in [9.17, 15) is 14.4 Å². The van der Waals surface area contributed by atoms with Gasteiger partial charge in [-0.25, -0.2) is 14.4 Å². The van der Waals surface area contributed by atoms with Crippen LogP contribution in [0.2, 0.25) is 0 Å². The third-order valence-electron chi connectivity index (χ3n) is 1.55. The lowest BCUT2D eigenvalue weighted by molar-refractivity contribution is -0.148. The molecule has 0 fully saturated rings. The first kappa shape index (κ1) is 21.7. The Morgan fingerprint density at radius 3 is 2.00 bits per heavy atom. The number of esters is 2. The Labute approximate surface area is 131 Å². The Kier molecular flexibility index (Phi) is 12.6. The minimum Gasteiger partial charge on any atom is -0.478 e. The molecule has 0 saturated carbocycles. The molecule has 120 valence electrons. The summed E-state index contributed by atoms with van der Waals surface area (Å²) in [7, 11) is 0. The lowest BCUT2D eigenvalue weighted by atomic mass is 10.4. The van der Waals surface area contributed by atoms with E-state index in [0.29, 0.717) is 0 Å². The number of hydrogen-bond acceptors (Lipinski definition) is 6. The van der Waals surface area contributed by atoms with Gasteiger partial charge in [-0.15, -0.1) is 0 Å². The fourth-order valence-corrected chi connectivity index (χ4v) is 0.653. The number of carboxylic acid groups (broad SMARTS) is 1. The fraction of sp³-hybridized carbons (Fsp3) is 0.417. The molecule has 0 spiro atoms. The first-order valence-corrected chi connectivity index (χ1v) is 6.29. The van der Waals surface area contributed by atoms with E-state index in [2.05, 4.69) is 22.6 Å². The summed E-state index contributed by atoms with van der Waals surface area (Å²) in [5.74, 6) is -2.48. The Morgan fingerprint density at radius 2 is 1.67 bits per heavy atom. The van der Waals surface area contributed by atoms with Crippen molar-refractivity contribution in [2.24, 2.45) is 0 Å². The molecule has 0 saturated heterocycles. The quantitative estimate of drug-likeness (QED) is 0.404. The van der Waals surface area contributed by atoms with Gasteiger partial charge in [-0.3, -0.25) is 0 Å². The minimum absolute atomic E-state index is 0.176. The SMILES string of the molecule is C=C(C)C(=O)O.C=CC(=O)OCC(O)COC(=O)C(Cl)Cl. The summed E-state index contributed by atoms with van der Waals surface area (Å²) in [6.45, 7) is 7.12. The van der Waals surface area contributed by atoms with Crippen molar-refractivity contribution in [1.82, 2.24) is 0 Å². The summed E-state index contributed by atoms with van der Waals surface area (Å²) in [4.78, 5) is 29.6. The van der Waals surface area contributed by atoms with Gasteiger partial charge in [0, 0.05) is 11.6 Å². The van der Waals surface area contributed by atoms with Gasteiger partial charge in [0.2, 0.25) is 4.84 Å². The Hall–Kier alpha value is -1.57. The number of carboxylic acids is 1. The third kappa shape index (κ3) is 14.6. The van der Waals surface area contributed by atoms with E-state index in [-0.39, 0.29) is 18.8 Å². The number of aliphatic carboxylic acids is 1. The van der Waals surface area contributed by atoms with E-state index >= 15 is 0 Å². The monoisotopic (exact) mass is 342 g/mol. The zero-order chi connectivity index (χ0) is 17.0. The Balaban J connectivity index is 0. The molecule has 0 aliphatic carbocycles. The van der Waals surface area contributed by atoms with Crippen molar-refractivity contribution in [3.8, 4) is 0 Å². The first-order valence-electron chi connectivity index (χ1n) is 5.42. The molecule has 0 radical (unpaired) electrons. The average Bonchev–Trinajstić information content (AvgIpc) is 2.42. The predicted molar refractivity (Wildman–Crippen MR) is 76.1 cm³/mol. The van der Waals surface area contributed by atoms with Crippen LogP contribution >= 0.6 is 23.2 Å². The maximum Gasteiger partial charge on any atom is 0.339 e. The Morgan fingerprint density at radius 1 is 1.24 bits per heavy atom. The summed E-state index contributed by atoms with van der Waals surface area (Å²) in [5.41, 5.74) is 0.176. The standard InChI is InChI=1S/C8H10Cl2O5.C4H6O2/c1-2-6(12)14-3-5(11)4-15-8(13)7(9)10;1-3(2)4(5)6/h2,5,7,11H,1,3-4H2;1H2,2H3,(H,5,6). The average molecular weight is 343 g/mol. The van der Waals surface area contributed by atoms with Gasteiger partial charge in [-0.05, 0) is 6.92 Å². The van der Waals surface area contributed by atoms with Gasteiger partial charge in [-0.1, -0.05) is 36.4 Å². The van der Waals surface area contributed by atoms with Gasteiger partial charge in [0.15, 0.2) is 0 Å². The molecule has 7 nitrogen and oxygen atoms in total. The van der Waals surface area contributed by atoms with Crippen LogP contribution in [0.25, 0.3) is 0 Å². The number of alkyl halides is 2. The normalized spacial score (nSPS) is 10.7. The molecular weight excluding hydrogens is 327 g/mol. The van der Waals surface area contributed by atoms with Crippen molar-refractivity contribution in [2.75, 3.05) is 13.2 Å². The Bertz CT molecular complexity index is 381. The summed E-state index contributed by atoms with van der Waals surface area (Å²) >= 11 is 10.3. The van der Waals surface area contributed by atoms with Crippen LogP contribution in [0.4, 0.5) is 0 Å². The molecule has 9 heteroatoms. The van der Waals surface area contributed by atoms with Gasteiger partial charge >= 0.3 is 17.9 Å². The second kappa shape index (κ2) is 12.2. The van der Waals surface area contributed by atoms with Crippen molar-refractivity contribution in [1.29, 1.82) is 0 Å². The van der Waals surface area contributed by atoms with Crippen LogP contribution in [0.3, 0.4) is 0 Å². The molecular formula is C12H16Cl2O7. The van der Waals surface area contributed by atoms with E-state index in [1.165, 1.54) is 6.92 Å². The molecule has 21 heavy (non-hydrogen) atoms. The van der Waals surface area contributed by atoms with E-state index in [1.807, 2.05) is 0 Å². The summed E-state index contributed by atoms with van der Waals surface area (Å²) in [6, 6.07) is 0. The highest BCUT2D eigenvalue weighted by Crippen LogP contribution is 2.04. The zero-order valence-electron chi connectivity index (χ0n) is 11.3. The highest BCUT2D eigenvalue weighted by Gasteiger charge is 2.15. The number of carbonyl (C=O) groups excluding carboxylic acids is 2. The van der Waals surface area contributed by atoms with Crippen molar-refractivity contribution >= 4 is 41.1 Å². The fourth-order valence-electron chi connectivity index (χ4n) is 0.527. The number of halogens is 2. The van der Waals surface area contributed by atoms with Gasteiger partial charge in [-0.2, -0.15) is 0 Å². The maximum atomic E-state index is 10.7. The highest BCUT2D eigenvalue weighted by molar-refractivity contribution is 6.52. The summed E-state index contributed by atoms with van der Waals surface area (Å²) in [5, 5.41) is 17.0. The number of ether oxygens (including phenoxy) is 2. The number of aliphatic hydroxyl groups excluding tert-OH is 1. The van der Waals surface area contributed by atoms with Gasteiger partial charge in [0.25, 0.3) is 0 Å². The molecule has 1 unspecified atom stereocenters. The maximum absolute atomic E-state index is 10.7. The van der Waals surface area contributed by atoms with Crippen molar-refractivity contribution in [3.05, 3.63) is 24.8 Å². The van der Waals surface area contributed by atoms with Crippen LogP contribution in [-0.4, -0.2) is 52.3 Å². The molecule has 0 bridgehead atoms. The lowest BCUT2D eigenvalue weighted by Gasteiger charge is -2.11. The van der Waals surface area contributed by atoms with Crippen LogP contribution < -0.4 is 0 Å². The van der Waals surface area contributed by atoms with E-state index < -0.39 is 28.8 Å². The molecule has 2 N–H and O–H groups in total. The molecule has 0 aromatic rings.